The average molecular weight is 250 g/mol. The molecule has 102 valence electrons. The highest BCUT2D eigenvalue weighted by molar-refractivity contribution is 5.37. The van der Waals surface area contributed by atoms with Gasteiger partial charge in [-0.1, -0.05) is 27.7 Å². The number of hydrogen-bond acceptors (Lipinski definition) is 4. The summed E-state index contributed by atoms with van der Waals surface area (Å²) in [6, 6.07) is 2.35. The van der Waals surface area contributed by atoms with Crippen molar-refractivity contribution in [1.29, 1.82) is 0 Å². The van der Waals surface area contributed by atoms with E-state index in [-0.39, 0.29) is 5.41 Å². The van der Waals surface area contributed by atoms with Crippen molar-refractivity contribution in [3.8, 4) is 0 Å². The van der Waals surface area contributed by atoms with Crippen molar-refractivity contribution in [3.05, 3.63) is 17.6 Å². The maximum Gasteiger partial charge on any atom is 0.130 e. The molecule has 0 aliphatic rings. The van der Waals surface area contributed by atoms with Gasteiger partial charge in [-0.05, 0) is 31.7 Å². The molecule has 0 radical (unpaired) electrons. The van der Waals surface area contributed by atoms with Crippen LogP contribution in [0.1, 0.15) is 45.6 Å². The average Bonchev–Trinajstić information content (AvgIpc) is 2.26. The lowest BCUT2D eigenvalue weighted by Gasteiger charge is -2.31. The number of nitrogens with two attached hydrogens (primary N) is 1. The number of nitrogens with zero attached hydrogens (tertiary/aromatic N) is 2. The van der Waals surface area contributed by atoms with Gasteiger partial charge in [-0.15, -0.1) is 0 Å². The molecule has 0 amide bonds. The lowest BCUT2D eigenvalue weighted by molar-refractivity contribution is 0.328. The largest absolute Gasteiger partial charge is 0.367 e. The standard InChI is InChI=1S/C14H26N4/c1-6-11-9-13(17-10(2)16-11)18-12(7-8-15)14(3,4)5/h9,12H,6-8,15H2,1-5H3,(H,16,17,18). The zero-order valence-corrected chi connectivity index (χ0v) is 12.2. The molecule has 1 rings (SSSR count). The van der Waals surface area contributed by atoms with E-state index in [1.165, 1.54) is 0 Å². The Balaban J connectivity index is 2.90. The molecule has 4 heteroatoms. The zero-order chi connectivity index (χ0) is 13.8. The number of rotatable bonds is 5. The topological polar surface area (TPSA) is 63.8 Å². The van der Waals surface area contributed by atoms with Gasteiger partial charge in [0.25, 0.3) is 0 Å². The molecule has 0 aliphatic heterocycles. The fraction of sp³-hybridized carbons (Fsp3) is 0.714. The summed E-state index contributed by atoms with van der Waals surface area (Å²) < 4.78 is 0. The number of nitrogens with one attached hydrogen (secondary N) is 1. The van der Waals surface area contributed by atoms with Crippen molar-refractivity contribution >= 4 is 5.82 Å². The van der Waals surface area contributed by atoms with E-state index in [1.54, 1.807) is 0 Å². The highest BCUT2D eigenvalue weighted by Crippen LogP contribution is 2.24. The summed E-state index contributed by atoms with van der Waals surface area (Å²) in [7, 11) is 0. The van der Waals surface area contributed by atoms with Crippen LogP contribution in [-0.4, -0.2) is 22.6 Å². The van der Waals surface area contributed by atoms with Crippen LogP contribution >= 0.6 is 0 Å². The smallest absolute Gasteiger partial charge is 0.130 e. The molecule has 1 heterocycles. The van der Waals surface area contributed by atoms with Crippen LogP contribution < -0.4 is 11.1 Å². The van der Waals surface area contributed by atoms with E-state index >= 15 is 0 Å². The van der Waals surface area contributed by atoms with Gasteiger partial charge in [-0.25, -0.2) is 9.97 Å². The molecule has 1 unspecified atom stereocenters. The minimum atomic E-state index is 0.157. The highest BCUT2D eigenvalue weighted by Gasteiger charge is 2.24. The molecule has 0 saturated heterocycles. The third-order valence-electron chi connectivity index (χ3n) is 3.08. The van der Waals surface area contributed by atoms with Crippen LogP contribution in [0.25, 0.3) is 0 Å². The first-order valence-corrected chi connectivity index (χ1v) is 6.68. The molecule has 18 heavy (non-hydrogen) atoms. The summed E-state index contributed by atoms with van der Waals surface area (Å²) in [5.41, 5.74) is 6.92. The predicted octanol–water partition coefficient (Wildman–Crippen LogP) is 2.52. The summed E-state index contributed by atoms with van der Waals surface area (Å²) in [6.45, 7) is 11.4. The van der Waals surface area contributed by atoms with Crippen molar-refractivity contribution in [2.75, 3.05) is 11.9 Å². The van der Waals surface area contributed by atoms with Crippen LogP contribution in [0.15, 0.2) is 6.07 Å². The van der Waals surface area contributed by atoms with E-state index in [0.717, 1.165) is 30.2 Å². The summed E-state index contributed by atoms with van der Waals surface area (Å²) in [5, 5.41) is 3.50. The Morgan fingerprint density at radius 1 is 1.33 bits per heavy atom. The Hall–Kier alpha value is -1.16. The second-order valence-corrected chi connectivity index (χ2v) is 5.79. The monoisotopic (exact) mass is 250 g/mol. The molecule has 0 spiro atoms. The first kappa shape index (κ1) is 14.9. The summed E-state index contributed by atoms with van der Waals surface area (Å²) >= 11 is 0. The van der Waals surface area contributed by atoms with E-state index in [1.807, 2.05) is 13.0 Å². The molecule has 0 bridgehead atoms. The van der Waals surface area contributed by atoms with E-state index in [4.69, 9.17) is 5.73 Å². The Morgan fingerprint density at radius 2 is 2.00 bits per heavy atom. The first-order chi connectivity index (χ1) is 8.36. The maximum absolute atomic E-state index is 5.69. The fourth-order valence-electron chi connectivity index (χ4n) is 1.95. The second kappa shape index (κ2) is 6.14. The molecule has 1 aromatic heterocycles. The van der Waals surface area contributed by atoms with Crippen LogP contribution in [0, 0.1) is 12.3 Å². The van der Waals surface area contributed by atoms with Gasteiger partial charge in [-0.3, -0.25) is 0 Å². The molecular weight excluding hydrogens is 224 g/mol. The Morgan fingerprint density at radius 3 is 2.50 bits per heavy atom. The van der Waals surface area contributed by atoms with Crippen LogP contribution in [0.3, 0.4) is 0 Å². The van der Waals surface area contributed by atoms with Crippen molar-refractivity contribution in [1.82, 2.24) is 9.97 Å². The van der Waals surface area contributed by atoms with Gasteiger partial charge in [0.2, 0.25) is 0 Å². The lowest BCUT2D eigenvalue weighted by atomic mass is 9.85. The number of hydrogen-bond donors (Lipinski definition) is 2. The molecule has 4 nitrogen and oxygen atoms in total. The van der Waals surface area contributed by atoms with Crippen LogP contribution in [0.2, 0.25) is 0 Å². The van der Waals surface area contributed by atoms with Gasteiger partial charge in [0, 0.05) is 17.8 Å². The molecule has 0 saturated carbocycles. The third-order valence-corrected chi connectivity index (χ3v) is 3.08. The van der Waals surface area contributed by atoms with Gasteiger partial charge in [0.15, 0.2) is 0 Å². The minimum Gasteiger partial charge on any atom is -0.367 e. The summed E-state index contributed by atoms with van der Waals surface area (Å²) in [5.74, 6) is 1.73. The van der Waals surface area contributed by atoms with Crippen LogP contribution in [0.4, 0.5) is 5.82 Å². The normalized spacial score (nSPS) is 13.4. The van der Waals surface area contributed by atoms with Crippen LogP contribution in [-0.2, 0) is 6.42 Å². The van der Waals surface area contributed by atoms with Crippen molar-refractivity contribution in [2.24, 2.45) is 11.1 Å². The predicted molar refractivity (Wildman–Crippen MR) is 76.7 cm³/mol. The van der Waals surface area contributed by atoms with Crippen LogP contribution in [0.5, 0.6) is 0 Å². The Kier molecular flexibility index (Phi) is 5.08. The maximum atomic E-state index is 5.69. The van der Waals surface area contributed by atoms with Crippen molar-refractivity contribution in [3.63, 3.8) is 0 Å². The number of aromatic nitrogens is 2. The molecule has 0 aromatic carbocycles. The molecule has 1 atom stereocenters. The summed E-state index contributed by atoms with van der Waals surface area (Å²) in [6.07, 6.45) is 1.86. The number of aryl methyl sites for hydroxylation is 2. The number of anilines is 1. The first-order valence-electron chi connectivity index (χ1n) is 6.68. The third kappa shape index (κ3) is 4.26. The van der Waals surface area contributed by atoms with E-state index < -0.39 is 0 Å². The van der Waals surface area contributed by atoms with E-state index in [9.17, 15) is 0 Å². The zero-order valence-electron chi connectivity index (χ0n) is 12.2. The van der Waals surface area contributed by atoms with Gasteiger partial charge in [0.1, 0.15) is 11.6 Å². The minimum absolute atomic E-state index is 0.157. The van der Waals surface area contributed by atoms with Gasteiger partial charge in [-0.2, -0.15) is 0 Å². The quantitative estimate of drug-likeness (QED) is 0.843. The molecule has 0 fully saturated rings. The Bertz CT molecular complexity index is 382. The lowest BCUT2D eigenvalue weighted by Crippen LogP contribution is -2.36. The van der Waals surface area contributed by atoms with Gasteiger partial charge >= 0.3 is 0 Å². The van der Waals surface area contributed by atoms with E-state index in [0.29, 0.717) is 12.6 Å². The highest BCUT2D eigenvalue weighted by atomic mass is 15.1. The molecule has 3 N–H and O–H groups in total. The SMILES string of the molecule is CCc1cc(NC(CCN)C(C)(C)C)nc(C)n1. The fourth-order valence-corrected chi connectivity index (χ4v) is 1.95. The summed E-state index contributed by atoms with van der Waals surface area (Å²) in [4.78, 5) is 8.85. The van der Waals surface area contributed by atoms with Gasteiger partial charge in [0.05, 0.1) is 0 Å². The van der Waals surface area contributed by atoms with E-state index in [2.05, 4.69) is 43.0 Å². The molecule has 0 aliphatic carbocycles. The van der Waals surface area contributed by atoms with Crippen molar-refractivity contribution < 1.29 is 0 Å². The second-order valence-electron chi connectivity index (χ2n) is 5.79. The van der Waals surface area contributed by atoms with Crippen molar-refractivity contribution in [2.45, 2.75) is 53.5 Å². The molecule has 1 aromatic rings. The van der Waals surface area contributed by atoms with Gasteiger partial charge < -0.3 is 11.1 Å². The Labute approximate surface area is 110 Å². The molecular formula is C14H26N4.